The molecule has 0 fully saturated rings. The molecule has 0 aliphatic heterocycles. The van der Waals surface area contributed by atoms with Crippen molar-refractivity contribution < 1.29 is 18.5 Å². The summed E-state index contributed by atoms with van der Waals surface area (Å²) in [5, 5.41) is 10.9. The number of benzene rings is 1. The Morgan fingerprint density at radius 3 is 2.74 bits per heavy atom. The number of nitrogens with two attached hydrogens (primary N) is 1. The van der Waals surface area contributed by atoms with Crippen LogP contribution in [0.1, 0.15) is 12.0 Å². The average molecular weight is 421 g/mol. The Kier molecular flexibility index (Phi) is 5.47. The molecule has 0 atom stereocenters. The Bertz CT molecular complexity index is 1240. The lowest BCUT2D eigenvalue weighted by atomic mass is 10.2. The lowest BCUT2D eigenvalue weighted by Crippen LogP contribution is -2.22. The van der Waals surface area contributed by atoms with E-state index in [2.05, 4.69) is 25.5 Å². The first-order chi connectivity index (χ1) is 15.0. The van der Waals surface area contributed by atoms with Crippen LogP contribution in [0.15, 0.2) is 59.4 Å². The molecule has 156 valence electrons. The van der Waals surface area contributed by atoms with Gasteiger partial charge in [0.25, 0.3) is 0 Å². The highest BCUT2D eigenvalue weighted by Crippen LogP contribution is 2.25. The average Bonchev–Trinajstić information content (AvgIpc) is 3.39. The maximum atomic E-state index is 14.2. The summed E-state index contributed by atoms with van der Waals surface area (Å²) in [5.41, 5.74) is 6.91. The first-order valence-electron chi connectivity index (χ1n) is 9.13. The number of halogens is 1. The van der Waals surface area contributed by atoms with E-state index in [1.54, 1.807) is 35.0 Å². The predicted octanol–water partition coefficient (Wildman–Crippen LogP) is 2.00. The lowest BCUT2D eigenvalue weighted by Gasteiger charge is -2.06. The largest absolute Gasteiger partial charge is 0.369 e. The molecule has 0 aliphatic rings. The van der Waals surface area contributed by atoms with Crippen LogP contribution >= 0.6 is 0 Å². The minimum atomic E-state index is -0.754. The molecule has 0 unspecified atom stereocenters. The second kappa shape index (κ2) is 8.53. The second-order valence-corrected chi connectivity index (χ2v) is 6.51. The zero-order chi connectivity index (χ0) is 21.8. The fraction of sp³-hybridized carbons (Fsp3) is 0.100. The Hall–Kier alpha value is -4.41. The van der Waals surface area contributed by atoms with E-state index in [9.17, 15) is 14.0 Å². The molecule has 10 nitrogen and oxygen atoms in total. The van der Waals surface area contributed by atoms with Crippen LogP contribution in [-0.4, -0.2) is 36.7 Å². The van der Waals surface area contributed by atoms with Crippen LogP contribution in [0.3, 0.4) is 0 Å². The number of carbonyl (C=O) groups excluding carboxylic acids is 2. The zero-order valence-corrected chi connectivity index (χ0v) is 16.0. The van der Waals surface area contributed by atoms with Crippen LogP contribution in [0.5, 0.6) is 0 Å². The van der Waals surface area contributed by atoms with Crippen LogP contribution < -0.4 is 11.1 Å². The van der Waals surface area contributed by atoms with E-state index >= 15 is 0 Å². The van der Waals surface area contributed by atoms with Crippen molar-refractivity contribution in [2.24, 2.45) is 5.73 Å². The number of nitrogens with zero attached hydrogens (tertiary/aromatic N) is 5. The van der Waals surface area contributed by atoms with E-state index in [4.69, 9.17) is 10.3 Å². The van der Waals surface area contributed by atoms with Crippen LogP contribution in [0.2, 0.25) is 0 Å². The maximum Gasteiger partial charge on any atom is 0.234 e. The van der Waals surface area contributed by atoms with Gasteiger partial charge < -0.3 is 15.6 Å². The first-order valence-corrected chi connectivity index (χ1v) is 9.13. The molecule has 4 rings (SSSR count). The zero-order valence-electron chi connectivity index (χ0n) is 16.0. The molecule has 0 saturated carbocycles. The Labute approximate surface area is 174 Å². The molecule has 3 heterocycles. The van der Waals surface area contributed by atoms with Gasteiger partial charge in [-0.25, -0.2) is 14.4 Å². The molecule has 1 aromatic carbocycles. The summed E-state index contributed by atoms with van der Waals surface area (Å²) in [7, 11) is 0. The fourth-order valence-electron chi connectivity index (χ4n) is 2.88. The molecule has 3 aromatic heterocycles. The molecule has 4 aromatic rings. The monoisotopic (exact) mass is 421 g/mol. The standard InChI is InChI=1S/C20H16FN7O3/c21-13-4-2-1-3-12(13)11-28-16(14-6-8-31-27-14)9-15(26-28)20-23-7-5-18(25-20)24-19(30)10-17(22)29/h1-9H,10-11H2,(H2,22,29)(H,23,24,25,30). The van der Waals surface area contributed by atoms with Crippen molar-refractivity contribution >= 4 is 17.6 Å². The maximum absolute atomic E-state index is 14.2. The SMILES string of the molecule is NC(=O)CC(=O)Nc1ccnc(-c2cc(-c3ccon3)n(Cc3ccccc3F)n2)n1. The number of nitrogens with one attached hydrogen (secondary N) is 1. The van der Waals surface area contributed by atoms with Crippen LogP contribution in [0.25, 0.3) is 22.9 Å². The van der Waals surface area contributed by atoms with Crippen molar-refractivity contribution in [1.29, 1.82) is 0 Å². The van der Waals surface area contributed by atoms with E-state index in [0.29, 0.717) is 22.6 Å². The molecule has 0 spiro atoms. The van der Waals surface area contributed by atoms with Crippen molar-refractivity contribution in [3.63, 3.8) is 0 Å². The molecule has 3 N–H and O–H groups in total. The second-order valence-electron chi connectivity index (χ2n) is 6.51. The molecule has 2 amide bonds. The van der Waals surface area contributed by atoms with E-state index < -0.39 is 18.2 Å². The lowest BCUT2D eigenvalue weighted by molar-refractivity contribution is -0.124. The molecule has 0 radical (unpaired) electrons. The third-order valence-electron chi connectivity index (χ3n) is 4.25. The van der Waals surface area contributed by atoms with E-state index in [0.717, 1.165) is 0 Å². The summed E-state index contributed by atoms with van der Waals surface area (Å²) in [6, 6.07) is 11.2. The molecule has 31 heavy (non-hydrogen) atoms. The molecule has 11 heteroatoms. The van der Waals surface area contributed by atoms with Gasteiger partial charge in [-0.05, 0) is 18.2 Å². The molecule has 0 aliphatic carbocycles. The molecule has 0 bridgehead atoms. The summed E-state index contributed by atoms with van der Waals surface area (Å²) in [6.45, 7) is 0.143. The van der Waals surface area contributed by atoms with Crippen molar-refractivity contribution in [2.75, 3.05) is 5.32 Å². The minimum absolute atomic E-state index is 0.143. The van der Waals surface area contributed by atoms with Gasteiger partial charge in [0.2, 0.25) is 11.8 Å². The number of carbonyl (C=O) groups is 2. The smallest absolute Gasteiger partial charge is 0.234 e. The van der Waals surface area contributed by atoms with Crippen molar-refractivity contribution in [1.82, 2.24) is 24.9 Å². The highest BCUT2D eigenvalue weighted by Gasteiger charge is 2.17. The quantitative estimate of drug-likeness (QED) is 0.435. The van der Waals surface area contributed by atoms with Gasteiger partial charge in [0.1, 0.15) is 35.7 Å². The molecule has 0 saturated heterocycles. The van der Waals surface area contributed by atoms with Gasteiger partial charge in [0.15, 0.2) is 5.82 Å². The van der Waals surface area contributed by atoms with Gasteiger partial charge in [-0.3, -0.25) is 14.3 Å². The van der Waals surface area contributed by atoms with Crippen LogP contribution in [-0.2, 0) is 16.1 Å². The Morgan fingerprint density at radius 1 is 1.16 bits per heavy atom. The fourth-order valence-corrected chi connectivity index (χ4v) is 2.88. The Morgan fingerprint density at radius 2 is 2.00 bits per heavy atom. The number of aromatic nitrogens is 5. The summed E-state index contributed by atoms with van der Waals surface area (Å²) < 4.78 is 20.7. The number of primary amides is 1. The summed E-state index contributed by atoms with van der Waals surface area (Å²) in [6.07, 6.45) is 2.39. The normalized spacial score (nSPS) is 10.7. The van der Waals surface area contributed by atoms with Gasteiger partial charge >= 0.3 is 0 Å². The minimum Gasteiger partial charge on any atom is -0.369 e. The van der Waals surface area contributed by atoms with Crippen molar-refractivity contribution in [2.45, 2.75) is 13.0 Å². The molecular formula is C20H16FN7O3. The predicted molar refractivity (Wildman–Crippen MR) is 107 cm³/mol. The number of rotatable bonds is 7. The number of amides is 2. The topological polar surface area (TPSA) is 142 Å². The van der Waals surface area contributed by atoms with E-state index in [1.807, 2.05) is 0 Å². The number of hydrogen-bond acceptors (Lipinski definition) is 7. The Balaban J connectivity index is 1.68. The number of hydrogen-bond donors (Lipinski definition) is 2. The summed E-state index contributed by atoms with van der Waals surface area (Å²) in [5.74, 6) is -1.31. The van der Waals surface area contributed by atoms with Crippen molar-refractivity contribution in [3.8, 4) is 22.9 Å². The highest BCUT2D eigenvalue weighted by atomic mass is 19.1. The summed E-state index contributed by atoms with van der Waals surface area (Å²) >= 11 is 0. The number of anilines is 1. The highest BCUT2D eigenvalue weighted by molar-refractivity contribution is 6.02. The first kappa shape index (κ1) is 19.9. The van der Waals surface area contributed by atoms with Gasteiger partial charge in [-0.2, -0.15) is 5.10 Å². The summed E-state index contributed by atoms with van der Waals surface area (Å²) in [4.78, 5) is 31.1. The third kappa shape index (κ3) is 4.61. The van der Waals surface area contributed by atoms with Crippen LogP contribution in [0, 0.1) is 5.82 Å². The van der Waals surface area contributed by atoms with E-state index in [-0.39, 0.29) is 24.0 Å². The van der Waals surface area contributed by atoms with Crippen LogP contribution in [0.4, 0.5) is 10.2 Å². The molecular weight excluding hydrogens is 405 g/mol. The van der Waals surface area contributed by atoms with E-state index in [1.165, 1.54) is 24.6 Å². The van der Waals surface area contributed by atoms with Gasteiger partial charge in [-0.1, -0.05) is 23.4 Å². The third-order valence-corrected chi connectivity index (χ3v) is 4.25. The van der Waals surface area contributed by atoms with Gasteiger partial charge in [-0.15, -0.1) is 0 Å². The van der Waals surface area contributed by atoms with Gasteiger partial charge in [0, 0.05) is 17.8 Å². The van der Waals surface area contributed by atoms with Crippen molar-refractivity contribution in [3.05, 3.63) is 66.3 Å². The van der Waals surface area contributed by atoms with Gasteiger partial charge in [0.05, 0.1) is 12.2 Å².